The van der Waals surface area contributed by atoms with Gasteiger partial charge in [0.25, 0.3) is 0 Å². The number of Topliss-reactive ketones (excluding diaryl/α,β-unsaturated/α-hetero) is 3. The van der Waals surface area contributed by atoms with Gasteiger partial charge in [0.1, 0.15) is 71.9 Å². The van der Waals surface area contributed by atoms with Gasteiger partial charge in [-0.15, -0.1) is 0 Å². The van der Waals surface area contributed by atoms with E-state index in [9.17, 15) is 39.6 Å². The van der Waals surface area contributed by atoms with Crippen molar-refractivity contribution in [1.82, 2.24) is 61.8 Å². The number of ether oxygens (including phenoxy) is 6. The molecule has 0 saturated carbocycles. The van der Waals surface area contributed by atoms with E-state index in [0.29, 0.717) is 190 Å². The first-order valence-corrected chi connectivity index (χ1v) is 49.6. The van der Waals surface area contributed by atoms with Gasteiger partial charge in [-0.05, 0) is 178 Å². The van der Waals surface area contributed by atoms with Crippen LogP contribution < -0.4 is 78.0 Å². The van der Waals surface area contributed by atoms with E-state index in [1.165, 1.54) is 0 Å². The summed E-state index contributed by atoms with van der Waals surface area (Å²) in [5.41, 5.74) is 5.70. The fourth-order valence-electron chi connectivity index (χ4n) is 12.3. The Morgan fingerprint density at radius 2 is 0.606 bits per heavy atom. The van der Waals surface area contributed by atoms with Crippen molar-refractivity contribution < 1.29 is 68.1 Å². The molecule has 0 aliphatic rings. The van der Waals surface area contributed by atoms with Crippen LogP contribution in [-0.4, -0.2) is 228 Å². The van der Waals surface area contributed by atoms with Crippen molar-refractivity contribution in [2.75, 3.05) is 187 Å². The number of anilines is 12. The third kappa shape index (κ3) is 43.7. The number of nitrogens with one attached hydrogen (secondary N) is 12. The van der Waals surface area contributed by atoms with Crippen LogP contribution in [0.1, 0.15) is 119 Å². The molecule has 0 aliphatic heterocycles. The summed E-state index contributed by atoms with van der Waals surface area (Å²) in [6.45, 7) is 40.6. The van der Waals surface area contributed by atoms with E-state index in [-0.39, 0.29) is 65.5 Å². The second-order valence-corrected chi connectivity index (χ2v) is 41.1. The van der Waals surface area contributed by atoms with Gasteiger partial charge in [-0.1, -0.05) is 94.4 Å². The summed E-state index contributed by atoms with van der Waals surface area (Å²) in [4.78, 5) is 61.3. The second kappa shape index (κ2) is 55.7. The highest BCUT2D eigenvalue weighted by atomic mass is 32.2. The van der Waals surface area contributed by atoms with Gasteiger partial charge in [0.15, 0.2) is 29.5 Å². The smallest absolute Gasteiger partial charge is 0.229 e. The van der Waals surface area contributed by atoms with Gasteiger partial charge < -0.3 is 92.2 Å². The number of aryl methyl sites for hydroxylation is 3. The average molecular weight is 1880 g/mol. The molecule has 33 nitrogen and oxygen atoms in total. The van der Waals surface area contributed by atoms with Crippen LogP contribution in [0.3, 0.4) is 0 Å². The van der Waals surface area contributed by atoms with E-state index in [2.05, 4.69) is 93.7 Å². The van der Waals surface area contributed by atoms with E-state index in [4.69, 9.17) is 28.4 Å². The summed E-state index contributed by atoms with van der Waals surface area (Å²) in [7, 11) is -10.3. The first kappa shape index (κ1) is 108. The molecular formula is C96H138N18O15S3. The second-order valence-electron chi connectivity index (χ2n) is 35.1. The fourth-order valence-corrected chi connectivity index (χ4v) is 18.0. The summed E-state index contributed by atoms with van der Waals surface area (Å²) in [6.07, 6.45) is 7.18. The molecule has 3 heterocycles. The number of aromatic nitrogens is 6. The number of carbonyl (C=O) groups excluding carboxylic acids is 3. The summed E-state index contributed by atoms with van der Waals surface area (Å²) in [6, 6.07) is 42.9. The highest BCUT2D eigenvalue weighted by molar-refractivity contribution is 7.92. The number of hydrogen-bond acceptors (Lipinski definition) is 33. The van der Waals surface area contributed by atoms with Crippen molar-refractivity contribution in [3.8, 4) is 17.2 Å². The molecule has 0 spiro atoms. The molecule has 720 valence electrons. The molecule has 12 N–H and O–H groups in total. The summed E-state index contributed by atoms with van der Waals surface area (Å²) in [5.74, 6) is 5.90. The molecule has 0 atom stereocenters. The van der Waals surface area contributed by atoms with Gasteiger partial charge in [0.2, 0.25) is 17.8 Å². The number of hydrogen-bond donors (Lipinski definition) is 12. The number of benzene rings is 6. The highest BCUT2D eigenvalue weighted by Crippen LogP contribution is 2.32. The molecule has 0 radical (unpaired) electrons. The quantitative estimate of drug-likeness (QED) is 0.0158. The van der Waals surface area contributed by atoms with Crippen molar-refractivity contribution in [3.63, 3.8) is 0 Å². The average Bonchev–Trinajstić information content (AvgIpc) is 0.817. The van der Waals surface area contributed by atoms with Gasteiger partial charge in [-0.3, -0.25) is 14.4 Å². The Labute approximate surface area is 780 Å². The Kier molecular flexibility index (Phi) is 45.7. The Morgan fingerprint density at radius 3 is 0.879 bits per heavy atom. The van der Waals surface area contributed by atoms with Gasteiger partial charge in [0.05, 0.1) is 91.2 Å². The minimum absolute atomic E-state index is 0.0594. The topological polar surface area (TPSA) is 431 Å². The standard InChI is InChI=1S/C33H48N6O5S.C32H46N6O5S.C31H44N6O5S/c1-6-8-28(40)23-35-16-19-43-18-15-34-17-20-44-29-13-11-26(12-14-29)38-32-36-22-25(2)31(39-32)37-27-9-7-10-30(21-27)45(41,42)24-33(3,4)5;1-6-27(39)22-34-15-18-42-17-14-33-16-19-43-28-12-10-25(11-13-28)37-31-35-21-24(2)30(38-31)36-26-8-7-9-29(20-26)44(40,41)23-32(3,4)5;1-23-20-34-30(37-29(23)35-26-7-6-8-28(19-26)43(39,40)22-31(3,4)5)36-25-9-11-27(12-10-25)42-18-15-32-13-16-41-17-14-33-21-24(2)38/h7,9-14,21-22,34-35H,6,8,15-20,23-24H2,1-5H3,(H2,36,37,38,39);7-13,20-21,33-34H,6,14-19,22-23H2,1-5H3,(H2,35,36,37,38);6-12,19-20,32-33H,13-18,21-22H2,1-5H3,(H2,34,35,36,37). The lowest BCUT2D eigenvalue weighted by Crippen LogP contribution is -2.28. The Morgan fingerprint density at radius 1 is 0.333 bits per heavy atom. The van der Waals surface area contributed by atoms with Gasteiger partial charge in [-0.25, -0.2) is 40.2 Å². The lowest BCUT2D eigenvalue weighted by Gasteiger charge is -2.18. The lowest BCUT2D eigenvalue weighted by atomic mass is 10.0. The molecule has 0 bridgehead atoms. The number of nitrogens with zero attached hydrogens (tertiary/aromatic N) is 6. The Balaban J connectivity index is 0.000000271. The Hall–Kier alpha value is -10.7. The molecule has 0 unspecified atom stereocenters. The van der Waals surface area contributed by atoms with Crippen LogP contribution in [0.2, 0.25) is 0 Å². The van der Waals surface area contributed by atoms with Crippen LogP contribution in [0.4, 0.5) is 69.4 Å². The zero-order chi connectivity index (χ0) is 96.0. The molecule has 0 fully saturated rings. The maximum absolute atomic E-state index is 12.9. The lowest BCUT2D eigenvalue weighted by molar-refractivity contribution is -0.119. The van der Waals surface area contributed by atoms with E-state index >= 15 is 0 Å². The monoisotopic (exact) mass is 1880 g/mol. The zero-order valence-corrected chi connectivity index (χ0v) is 81.7. The van der Waals surface area contributed by atoms with Crippen molar-refractivity contribution in [3.05, 3.63) is 181 Å². The number of carbonyl (C=O) groups is 3. The van der Waals surface area contributed by atoms with Crippen LogP contribution >= 0.6 is 0 Å². The van der Waals surface area contributed by atoms with E-state index in [1.54, 1.807) is 80.1 Å². The SMILES string of the molecule is CC(=O)CNCCOCCNCCOc1ccc(Nc2ncc(C)c(Nc3cccc(S(=O)(=O)CC(C)(C)C)c3)n2)cc1.CCC(=O)CNCCOCCNCCOc1ccc(Nc2ncc(C)c(Nc3cccc(S(=O)(=O)CC(C)(C)C)c3)n2)cc1.CCCC(=O)CNCCOCCNCCOc1ccc(Nc2ncc(C)c(Nc3cccc(S(=O)(=O)CC(C)(C)C)c3)n2)cc1. The molecule has 36 heteroatoms. The van der Waals surface area contributed by atoms with Crippen LogP contribution in [0.25, 0.3) is 0 Å². The van der Waals surface area contributed by atoms with E-state index in [0.717, 1.165) is 70.5 Å². The predicted molar refractivity (Wildman–Crippen MR) is 525 cm³/mol. The molecule has 9 rings (SSSR count). The molecule has 9 aromatic rings. The van der Waals surface area contributed by atoms with E-state index in [1.807, 2.05) is 188 Å². The minimum Gasteiger partial charge on any atom is -0.492 e. The van der Waals surface area contributed by atoms with Crippen LogP contribution in [0.5, 0.6) is 17.2 Å². The summed E-state index contributed by atoms with van der Waals surface area (Å²) < 4.78 is 111. The summed E-state index contributed by atoms with van der Waals surface area (Å²) in [5, 5.41) is 38.3. The van der Waals surface area contributed by atoms with Crippen molar-refractivity contribution in [2.45, 2.75) is 138 Å². The molecular weight excluding hydrogens is 1740 g/mol. The predicted octanol–water partition coefficient (Wildman–Crippen LogP) is 13.9. The van der Waals surface area contributed by atoms with Crippen LogP contribution in [0, 0.1) is 37.0 Å². The minimum atomic E-state index is -3.43. The van der Waals surface area contributed by atoms with Crippen molar-refractivity contribution >= 4 is 116 Å². The molecule has 3 aromatic heterocycles. The number of sulfone groups is 3. The normalized spacial score (nSPS) is 11.8. The van der Waals surface area contributed by atoms with Crippen LogP contribution in [0.15, 0.2) is 179 Å². The van der Waals surface area contributed by atoms with Crippen molar-refractivity contribution in [2.24, 2.45) is 16.2 Å². The van der Waals surface area contributed by atoms with Crippen molar-refractivity contribution in [1.29, 1.82) is 0 Å². The first-order valence-electron chi connectivity index (χ1n) is 44.6. The molecule has 0 aliphatic carbocycles. The van der Waals surface area contributed by atoms with Gasteiger partial charge in [-0.2, -0.15) is 15.0 Å². The molecule has 132 heavy (non-hydrogen) atoms. The number of ketones is 3. The fraction of sp³-hybridized carbons (Fsp3) is 0.469. The third-order valence-corrected chi connectivity index (χ3v) is 25.3. The largest absolute Gasteiger partial charge is 0.492 e. The highest BCUT2D eigenvalue weighted by Gasteiger charge is 2.27. The first-order chi connectivity index (χ1) is 62.8. The zero-order valence-electron chi connectivity index (χ0n) is 79.2. The van der Waals surface area contributed by atoms with Gasteiger partial charge >= 0.3 is 0 Å². The summed E-state index contributed by atoms with van der Waals surface area (Å²) >= 11 is 0. The third-order valence-electron chi connectivity index (χ3n) is 18.6. The molecule has 0 saturated heterocycles. The van der Waals surface area contributed by atoms with E-state index < -0.39 is 29.5 Å². The Bertz CT molecular complexity index is 5380. The van der Waals surface area contributed by atoms with Gasteiger partial charge in [0, 0.05) is 141 Å². The number of rotatable bonds is 57. The maximum Gasteiger partial charge on any atom is 0.229 e. The van der Waals surface area contributed by atoms with Crippen LogP contribution in [-0.2, 0) is 58.1 Å². The maximum atomic E-state index is 12.9. The molecule has 6 aromatic carbocycles. The molecule has 0 amide bonds.